The van der Waals surface area contributed by atoms with Crippen LogP contribution in [-0.4, -0.2) is 18.0 Å². The average molecular weight is 326 g/mol. The molecule has 2 aromatic heterocycles. The summed E-state index contributed by atoms with van der Waals surface area (Å²) in [7, 11) is 1.37. The lowest BCUT2D eigenvalue weighted by Gasteiger charge is -2.08. The van der Waals surface area contributed by atoms with Gasteiger partial charge in [0.25, 0.3) is 5.91 Å². The van der Waals surface area contributed by atoms with Crippen LogP contribution < -0.4 is 10.1 Å². The van der Waals surface area contributed by atoms with Gasteiger partial charge in [-0.15, -0.1) is 0 Å². The van der Waals surface area contributed by atoms with Crippen LogP contribution >= 0.6 is 0 Å². The monoisotopic (exact) mass is 326 g/mol. The Hall–Kier alpha value is -3.15. The zero-order chi connectivity index (χ0) is 16.9. The van der Waals surface area contributed by atoms with Gasteiger partial charge in [0.1, 0.15) is 0 Å². The number of methoxy groups -OCH3 is 1. The van der Waals surface area contributed by atoms with Gasteiger partial charge in [-0.25, -0.2) is 4.39 Å². The van der Waals surface area contributed by atoms with Gasteiger partial charge in [-0.3, -0.25) is 9.78 Å². The minimum atomic E-state index is -0.575. The Bertz CT molecular complexity index is 847. The second kappa shape index (κ2) is 6.95. The van der Waals surface area contributed by atoms with E-state index in [1.807, 2.05) is 12.1 Å². The van der Waals surface area contributed by atoms with E-state index in [1.165, 1.54) is 19.2 Å². The third kappa shape index (κ3) is 3.43. The van der Waals surface area contributed by atoms with Crippen LogP contribution in [0.3, 0.4) is 0 Å². The predicted octanol–water partition coefficient (Wildman–Crippen LogP) is 3.42. The van der Waals surface area contributed by atoms with Crippen molar-refractivity contribution in [2.45, 2.75) is 6.54 Å². The third-order valence-corrected chi connectivity index (χ3v) is 3.52. The van der Waals surface area contributed by atoms with Crippen molar-refractivity contribution in [2.75, 3.05) is 7.11 Å². The number of furan rings is 1. The van der Waals surface area contributed by atoms with Gasteiger partial charge in [-0.2, -0.15) is 0 Å². The maximum Gasteiger partial charge on any atom is 0.251 e. The fourth-order valence-corrected chi connectivity index (χ4v) is 2.26. The summed E-state index contributed by atoms with van der Waals surface area (Å²) < 4.78 is 23.5. The summed E-state index contributed by atoms with van der Waals surface area (Å²) in [6.45, 7) is 0.283. The second-order valence-corrected chi connectivity index (χ2v) is 5.13. The molecule has 0 bridgehead atoms. The topological polar surface area (TPSA) is 64.4 Å². The number of pyridine rings is 1. The number of hydrogen-bond donors (Lipinski definition) is 1. The van der Waals surface area contributed by atoms with Crippen LogP contribution in [0.15, 0.2) is 59.7 Å². The normalized spacial score (nSPS) is 10.4. The van der Waals surface area contributed by atoms with Crippen molar-refractivity contribution in [3.63, 3.8) is 0 Å². The fourth-order valence-electron chi connectivity index (χ4n) is 2.26. The van der Waals surface area contributed by atoms with E-state index in [0.717, 1.165) is 22.8 Å². The minimum absolute atomic E-state index is 0.101. The van der Waals surface area contributed by atoms with E-state index in [-0.39, 0.29) is 23.8 Å². The minimum Gasteiger partial charge on any atom is -0.494 e. The van der Waals surface area contributed by atoms with Crippen LogP contribution in [0.4, 0.5) is 4.39 Å². The Morgan fingerprint density at radius 1 is 1.25 bits per heavy atom. The first-order valence-electron chi connectivity index (χ1n) is 7.25. The zero-order valence-electron chi connectivity index (χ0n) is 13.0. The van der Waals surface area contributed by atoms with Gasteiger partial charge >= 0.3 is 0 Å². The molecule has 3 aromatic rings. The molecule has 0 saturated heterocycles. The molecule has 0 fully saturated rings. The van der Waals surface area contributed by atoms with Crippen LogP contribution in [0, 0.1) is 5.82 Å². The number of carbonyl (C=O) groups is 1. The molecule has 24 heavy (non-hydrogen) atoms. The van der Waals surface area contributed by atoms with Crippen LogP contribution in [0.1, 0.15) is 15.9 Å². The first kappa shape index (κ1) is 15.7. The maximum absolute atomic E-state index is 13.7. The maximum atomic E-state index is 13.7. The highest BCUT2D eigenvalue weighted by Crippen LogP contribution is 2.20. The lowest BCUT2D eigenvalue weighted by Crippen LogP contribution is -2.23. The summed E-state index contributed by atoms with van der Waals surface area (Å²) in [6.07, 6.45) is 6.59. The molecule has 0 saturated carbocycles. The van der Waals surface area contributed by atoms with E-state index in [2.05, 4.69) is 10.3 Å². The summed E-state index contributed by atoms with van der Waals surface area (Å²) in [6, 6.07) is 7.82. The van der Waals surface area contributed by atoms with Gasteiger partial charge < -0.3 is 14.5 Å². The third-order valence-electron chi connectivity index (χ3n) is 3.52. The molecule has 6 heteroatoms. The second-order valence-electron chi connectivity index (χ2n) is 5.13. The van der Waals surface area contributed by atoms with E-state index in [9.17, 15) is 9.18 Å². The summed E-state index contributed by atoms with van der Waals surface area (Å²) in [4.78, 5) is 16.3. The molecular weight excluding hydrogens is 311 g/mol. The molecule has 122 valence electrons. The van der Waals surface area contributed by atoms with Crippen molar-refractivity contribution in [1.29, 1.82) is 0 Å². The van der Waals surface area contributed by atoms with Gasteiger partial charge in [0.15, 0.2) is 11.6 Å². The summed E-state index contributed by atoms with van der Waals surface area (Å²) in [5.74, 6) is -0.845. The van der Waals surface area contributed by atoms with E-state index < -0.39 is 5.82 Å². The molecule has 1 aromatic carbocycles. The van der Waals surface area contributed by atoms with Gasteiger partial charge in [-0.1, -0.05) is 0 Å². The Kier molecular flexibility index (Phi) is 4.56. The highest BCUT2D eigenvalue weighted by atomic mass is 19.1. The number of hydrogen-bond acceptors (Lipinski definition) is 4. The molecule has 0 aliphatic rings. The number of ether oxygens (including phenoxy) is 1. The molecule has 3 rings (SSSR count). The Balaban J connectivity index is 1.68. The number of halogens is 1. The largest absolute Gasteiger partial charge is 0.494 e. The molecule has 0 spiro atoms. The Labute approximate surface area is 138 Å². The van der Waals surface area contributed by atoms with Crippen LogP contribution in [0.25, 0.3) is 11.1 Å². The number of aromatic nitrogens is 1. The lowest BCUT2D eigenvalue weighted by molar-refractivity contribution is 0.0950. The predicted molar refractivity (Wildman–Crippen MR) is 86.1 cm³/mol. The van der Waals surface area contributed by atoms with E-state index in [1.54, 1.807) is 24.9 Å². The molecule has 0 aliphatic carbocycles. The highest BCUT2D eigenvalue weighted by molar-refractivity contribution is 5.94. The molecule has 5 nitrogen and oxygen atoms in total. The van der Waals surface area contributed by atoms with Gasteiger partial charge in [0.05, 0.1) is 19.6 Å². The number of nitrogens with one attached hydrogen (secondary N) is 1. The fraction of sp³-hybridized carbons (Fsp3) is 0.111. The van der Waals surface area contributed by atoms with Crippen molar-refractivity contribution in [2.24, 2.45) is 0 Å². The molecule has 1 amide bonds. The summed E-state index contributed by atoms with van der Waals surface area (Å²) in [5.41, 5.74) is 2.86. The number of nitrogens with zero attached hydrogens (tertiary/aromatic N) is 1. The van der Waals surface area contributed by atoms with Crippen molar-refractivity contribution in [3.05, 3.63) is 72.2 Å². The molecule has 2 heterocycles. The number of rotatable bonds is 5. The first-order valence-corrected chi connectivity index (χ1v) is 7.25. The Morgan fingerprint density at radius 3 is 2.83 bits per heavy atom. The standard InChI is InChI=1S/C18H15FN2O3/c1-23-17-3-2-13(7-16(17)19)18(22)21-9-12-6-15(10-20-8-12)14-4-5-24-11-14/h2-8,10-11H,9H2,1H3,(H,21,22). The van der Waals surface area contributed by atoms with Crippen molar-refractivity contribution in [3.8, 4) is 16.9 Å². The highest BCUT2D eigenvalue weighted by Gasteiger charge is 2.10. The molecule has 0 radical (unpaired) electrons. The van der Waals surface area contributed by atoms with Crippen LogP contribution in [0.5, 0.6) is 5.75 Å². The van der Waals surface area contributed by atoms with Gasteiger partial charge in [0.2, 0.25) is 0 Å². The number of carbonyl (C=O) groups excluding carboxylic acids is 1. The lowest BCUT2D eigenvalue weighted by atomic mass is 10.1. The molecular formula is C18H15FN2O3. The van der Waals surface area contributed by atoms with Gasteiger partial charge in [0, 0.05) is 35.6 Å². The van der Waals surface area contributed by atoms with E-state index in [4.69, 9.17) is 9.15 Å². The van der Waals surface area contributed by atoms with Crippen molar-refractivity contribution < 1.29 is 18.3 Å². The molecule has 0 unspecified atom stereocenters. The quantitative estimate of drug-likeness (QED) is 0.780. The van der Waals surface area contributed by atoms with E-state index in [0.29, 0.717) is 0 Å². The zero-order valence-corrected chi connectivity index (χ0v) is 13.0. The van der Waals surface area contributed by atoms with Gasteiger partial charge in [-0.05, 0) is 35.9 Å². The summed E-state index contributed by atoms with van der Waals surface area (Å²) in [5, 5.41) is 2.74. The first-order chi connectivity index (χ1) is 11.7. The SMILES string of the molecule is COc1ccc(C(=O)NCc2cncc(-c3ccoc3)c2)cc1F. The molecule has 0 atom stereocenters. The molecule has 0 aliphatic heterocycles. The average Bonchev–Trinajstić information content (AvgIpc) is 3.14. The number of amides is 1. The number of benzene rings is 1. The van der Waals surface area contributed by atoms with Crippen molar-refractivity contribution in [1.82, 2.24) is 10.3 Å². The van der Waals surface area contributed by atoms with E-state index >= 15 is 0 Å². The molecule has 1 N–H and O–H groups in total. The smallest absolute Gasteiger partial charge is 0.251 e. The Morgan fingerprint density at radius 2 is 2.12 bits per heavy atom. The van der Waals surface area contributed by atoms with Crippen molar-refractivity contribution >= 4 is 5.91 Å². The summed E-state index contributed by atoms with van der Waals surface area (Å²) >= 11 is 0. The van der Waals surface area contributed by atoms with Crippen LogP contribution in [-0.2, 0) is 6.54 Å². The van der Waals surface area contributed by atoms with Crippen LogP contribution in [0.2, 0.25) is 0 Å².